The molecular weight excluding hydrogens is 272 g/mol. The van der Waals surface area contributed by atoms with Crippen molar-refractivity contribution in [1.82, 2.24) is 5.32 Å². The van der Waals surface area contributed by atoms with Crippen LogP contribution >= 0.6 is 0 Å². The summed E-state index contributed by atoms with van der Waals surface area (Å²) in [6, 6.07) is -0.821. The summed E-state index contributed by atoms with van der Waals surface area (Å²) in [5.41, 5.74) is 5.33. The Labute approximate surface area is 125 Å². The van der Waals surface area contributed by atoms with Crippen LogP contribution in [0.2, 0.25) is 0 Å². The van der Waals surface area contributed by atoms with Gasteiger partial charge in [0, 0.05) is 5.92 Å². The van der Waals surface area contributed by atoms with Crippen molar-refractivity contribution in [2.45, 2.75) is 58.4 Å². The SMILES string of the molecule is CCOC(=O)[C@@H](C)C[C@H](NC(=O)C1CCCCC1)C(N)=O. The van der Waals surface area contributed by atoms with E-state index in [1.54, 1.807) is 13.8 Å². The van der Waals surface area contributed by atoms with Crippen molar-refractivity contribution in [3.63, 3.8) is 0 Å². The molecule has 0 spiro atoms. The molecule has 1 aliphatic carbocycles. The van der Waals surface area contributed by atoms with Gasteiger partial charge in [-0.1, -0.05) is 26.2 Å². The van der Waals surface area contributed by atoms with Crippen molar-refractivity contribution in [3.8, 4) is 0 Å². The van der Waals surface area contributed by atoms with E-state index in [0.29, 0.717) is 6.61 Å². The Morgan fingerprint density at radius 3 is 2.38 bits per heavy atom. The predicted molar refractivity (Wildman–Crippen MR) is 78.1 cm³/mol. The highest BCUT2D eigenvalue weighted by atomic mass is 16.5. The van der Waals surface area contributed by atoms with E-state index in [-0.39, 0.29) is 24.2 Å². The van der Waals surface area contributed by atoms with Crippen molar-refractivity contribution in [2.24, 2.45) is 17.6 Å². The highest BCUT2D eigenvalue weighted by molar-refractivity contribution is 5.88. The Hall–Kier alpha value is -1.59. The average molecular weight is 298 g/mol. The number of hydrogen-bond acceptors (Lipinski definition) is 4. The van der Waals surface area contributed by atoms with Gasteiger partial charge in [-0.15, -0.1) is 0 Å². The van der Waals surface area contributed by atoms with Crippen molar-refractivity contribution in [2.75, 3.05) is 6.61 Å². The molecule has 3 N–H and O–H groups in total. The van der Waals surface area contributed by atoms with Gasteiger partial charge in [0.15, 0.2) is 0 Å². The van der Waals surface area contributed by atoms with Crippen LogP contribution < -0.4 is 11.1 Å². The molecule has 120 valence electrons. The van der Waals surface area contributed by atoms with E-state index in [0.717, 1.165) is 32.1 Å². The number of nitrogens with one attached hydrogen (secondary N) is 1. The molecule has 6 heteroatoms. The lowest BCUT2D eigenvalue weighted by Crippen LogP contribution is -2.48. The number of carbonyl (C=O) groups excluding carboxylic acids is 3. The molecule has 0 aromatic rings. The fourth-order valence-corrected chi connectivity index (χ4v) is 2.63. The van der Waals surface area contributed by atoms with Crippen LogP contribution in [0.1, 0.15) is 52.4 Å². The zero-order chi connectivity index (χ0) is 15.8. The summed E-state index contributed by atoms with van der Waals surface area (Å²) in [6.45, 7) is 3.68. The minimum absolute atomic E-state index is 0.0431. The van der Waals surface area contributed by atoms with Crippen LogP contribution in [-0.2, 0) is 19.1 Å². The molecule has 21 heavy (non-hydrogen) atoms. The van der Waals surface area contributed by atoms with Crippen LogP contribution in [-0.4, -0.2) is 30.4 Å². The standard InChI is InChI=1S/C15H26N2O4/c1-3-21-15(20)10(2)9-12(13(16)18)17-14(19)11-7-5-4-6-8-11/h10-12H,3-9H2,1-2H3,(H2,16,18)(H,17,19)/t10-,12-/m0/s1. The molecule has 0 aromatic carbocycles. The van der Waals surface area contributed by atoms with Gasteiger partial charge in [0.1, 0.15) is 6.04 Å². The van der Waals surface area contributed by atoms with Gasteiger partial charge in [0.05, 0.1) is 12.5 Å². The molecular formula is C15H26N2O4. The number of ether oxygens (including phenoxy) is 1. The second kappa shape index (κ2) is 8.64. The lowest BCUT2D eigenvalue weighted by molar-refractivity contribution is -0.148. The van der Waals surface area contributed by atoms with Crippen LogP contribution in [0.3, 0.4) is 0 Å². The molecule has 6 nitrogen and oxygen atoms in total. The molecule has 0 bridgehead atoms. The van der Waals surface area contributed by atoms with Gasteiger partial charge in [-0.25, -0.2) is 0 Å². The second-order valence-electron chi connectivity index (χ2n) is 5.69. The number of primary amides is 1. The van der Waals surface area contributed by atoms with Gasteiger partial charge in [-0.3, -0.25) is 14.4 Å². The van der Waals surface area contributed by atoms with Crippen LogP contribution in [0.5, 0.6) is 0 Å². The highest BCUT2D eigenvalue weighted by Crippen LogP contribution is 2.24. The summed E-state index contributed by atoms with van der Waals surface area (Å²) in [4.78, 5) is 35.2. The minimum atomic E-state index is -0.821. The third kappa shape index (κ3) is 5.73. The number of amides is 2. The van der Waals surface area contributed by atoms with Gasteiger partial charge in [0.25, 0.3) is 0 Å². The molecule has 2 atom stereocenters. The molecule has 1 rings (SSSR count). The predicted octanol–water partition coefficient (Wildman–Crippen LogP) is 1.13. The van der Waals surface area contributed by atoms with Crippen LogP contribution in [0.25, 0.3) is 0 Å². The summed E-state index contributed by atoms with van der Waals surface area (Å²) >= 11 is 0. The van der Waals surface area contributed by atoms with Crippen LogP contribution in [0.15, 0.2) is 0 Å². The summed E-state index contributed by atoms with van der Waals surface area (Å²) in [7, 11) is 0. The summed E-state index contributed by atoms with van der Waals surface area (Å²) in [5.74, 6) is -1.65. The number of hydrogen-bond donors (Lipinski definition) is 2. The molecule has 0 aliphatic heterocycles. The molecule has 0 saturated heterocycles. The van der Waals surface area contributed by atoms with E-state index in [9.17, 15) is 14.4 Å². The summed E-state index contributed by atoms with van der Waals surface area (Å²) < 4.78 is 4.90. The van der Waals surface area contributed by atoms with Gasteiger partial charge in [-0.2, -0.15) is 0 Å². The van der Waals surface area contributed by atoms with E-state index in [4.69, 9.17) is 10.5 Å². The van der Waals surface area contributed by atoms with Gasteiger partial charge < -0.3 is 15.8 Å². The highest BCUT2D eigenvalue weighted by Gasteiger charge is 2.28. The maximum Gasteiger partial charge on any atom is 0.308 e. The van der Waals surface area contributed by atoms with Crippen LogP contribution in [0, 0.1) is 11.8 Å². The maximum absolute atomic E-state index is 12.2. The molecule has 1 aliphatic rings. The minimum Gasteiger partial charge on any atom is -0.466 e. The largest absolute Gasteiger partial charge is 0.466 e. The molecule has 0 radical (unpaired) electrons. The number of rotatable bonds is 7. The smallest absolute Gasteiger partial charge is 0.308 e. The van der Waals surface area contributed by atoms with E-state index in [2.05, 4.69) is 5.32 Å². The first-order chi connectivity index (χ1) is 9.95. The Morgan fingerprint density at radius 2 is 1.86 bits per heavy atom. The third-order valence-electron chi connectivity index (χ3n) is 3.91. The number of nitrogens with two attached hydrogens (primary N) is 1. The first kappa shape index (κ1) is 17.5. The fraction of sp³-hybridized carbons (Fsp3) is 0.800. The first-order valence-electron chi connectivity index (χ1n) is 7.72. The average Bonchev–Trinajstić information content (AvgIpc) is 2.47. The summed E-state index contributed by atoms with van der Waals surface area (Å²) in [6.07, 6.45) is 5.11. The van der Waals surface area contributed by atoms with Crippen molar-refractivity contribution in [3.05, 3.63) is 0 Å². The first-order valence-corrected chi connectivity index (χ1v) is 7.72. The zero-order valence-electron chi connectivity index (χ0n) is 12.9. The summed E-state index contributed by atoms with van der Waals surface area (Å²) in [5, 5.41) is 2.69. The normalized spacial score (nSPS) is 18.6. The van der Waals surface area contributed by atoms with E-state index >= 15 is 0 Å². The molecule has 0 aromatic heterocycles. The lowest BCUT2D eigenvalue weighted by Gasteiger charge is -2.24. The lowest BCUT2D eigenvalue weighted by atomic mass is 9.88. The van der Waals surface area contributed by atoms with Crippen molar-refractivity contribution < 1.29 is 19.1 Å². The van der Waals surface area contributed by atoms with Gasteiger partial charge in [-0.05, 0) is 26.2 Å². The molecule has 0 heterocycles. The van der Waals surface area contributed by atoms with Gasteiger partial charge in [0.2, 0.25) is 11.8 Å². The van der Waals surface area contributed by atoms with Crippen molar-refractivity contribution >= 4 is 17.8 Å². The maximum atomic E-state index is 12.2. The third-order valence-corrected chi connectivity index (χ3v) is 3.91. The quantitative estimate of drug-likeness (QED) is 0.688. The zero-order valence-corrected chi connectivity index (χ0v) is 12.9. The topological polar surface area (TPSA) is 98.5 Å². The second-order valence-corrected chi connectivity index (χ2v) is 5.69. The van der Waals surface area contributed by atoms with E-state index < -0.39 is 17.9 Å². The monoisotopic (exact) mass is 298 g/mol. The Kier molecular flexibility index (Phi) is 7.19. The van der Waals surface area contributed by atoms with E-state index in [1.807, 2.05) is 0 Å². The molecule has 0 unspecified atom stereocenters. The number of esters is 1. The van der Waals surface area contributed by atoms with Crippen molar-refractivity contribution in [1.29, 1.82) is 0 Å². The van der Waals surface area contributed by atoms with E-state index in [1.165, 1.54) is 0 Å². The molecule has 1 fully saturated rings. The number of carbonyl (C=O) groups is 3. The Morgan fingerprint density at radius 1 is 1.24 bits per heavy atom. The van der Waals surface area contributed by atoms with Gasteiger partial charge >= 0.3 is 5.97 Å². The molecule has 1 saturated carbocycles. The molecule has 2 amide bonds. The van der Waals surface area contributed by atoms with Crippen LogP contribution in [0.4, 0.5) is 0 Å². The Balaban J connectivity index is 2.54. The fourth-order valence-electron chi connectivity index (χ4n) is 2.63. The Bertz CT molecular complexity index is 378.